The Morgan fingerprint density at radius 3 is 2.14 bits per heavy atom. The maximum absolute atomic E-state index is 12.5. The molecule has 0 aliphatic heterocycles. The molecule has 120 valence electrons. The minimum Gasteiger partial charge on any atom is -0.443 e. The van der Waals surface area contributed by atoms with Crippen LogP contribution in [0.1, 0.15) is 34.1 Å². The Bertz CT molecular complexity index is 464. The standard InChI is InChI=1S/C16H29N2O2P/c1-13(2)18(14(3)4)11-6-12-21(5,19)20-16-9-7-15(17)8-10-16/h7-10,13-14H,6,11-12,17H2,1-5H3. The van der Waals surface area contributed by atoms with Crippen molar-refractivity contribution in [3.8, 4) is 5.75 Å². The van der Waals surface area contributed by atoms with Gasteiger partial charge in [-0.3, -0.25) is 9.46 Å². The third kappa shape index (κ3) is 6.54. The van der Waals surface area contributed by atoms with Gasteiger partial charge in [-0.25, -0.2) is 0 Å². The van der Waals surface area contributed by atoms with Crippen LogP contribution in [0.2, 0.25) is 0 Å². The normalized spacial score (nSPS) is 14.7. The van der Waals surface area contributed by atoms with E-state index in [9.17, 15) is 4.57 Å². The van der Waals surface area contributed by atoms with Crippen LogP contribution in [0.15, 0.2) is 24.3 Å². The van der Waals surface area contributed by atoms with E-state index in [-0.39, 0.29) is 0 Å². The van der Waals surface area contributed by atoms with Crippen LogP contribution in [-0.4, -0.2) is 36.4 Å². The lowest BCUT2D eigenvalue weighted by Gasteiger charge is -2.30. The molecule has 0 aliphatic rings. The molecule has 0 fully saturated rings. The summed E-state index contributed by atoms with van der Waals surface area (Å²) < 4.78 is 18.2. The van der Waals surface area contributed by atoms with Gasteiger partial charge in [0.05, 0.1) is 0 Å². The van der Waals surface area contributed by atoms with Crippen molar-refractivity contribution >= 4 is 13.1 Å². The zero-order chi connectivity index (χ0) is 16.0. The van der Waals surface area contributed by atoms with Crippen LogP contribution in [0.5, 0.6) is 5.75 Å². The van der Waals surface area contributed by atoms with E-state index in [1.807, 2.05) is 0 Å². The molecule has 0 heterocycles. The Balaban J connectivity index is 2.49. The highest BCUT2D eigenvalue weighted by Gasteiger charge is 2.19. The smallest absolute Gasteiger partial charge is 0.245 e. The van der Waals surface area contributed by atoms with E-state index in [4.69, 9.17) is 10.3 Å². The highest BCUT2D eigenvalue weighted by Crippen LogP contribution is 2.43. The SMILES string of the molecule is CC(C)N(CCCP(C)(=O)Oc1ccc(N)cc1)C(C)C. The van der Waals surface area contributed by atoms with Gasteiger partial charge in [0, 0.05) is 30.6 Å². The fourth-order valence-corrected chi connectivity index (χ4v) is 3.83. The van der Waals surface area contributed by atoms with Gasteiger partial charge in [-0.1, -0.05) is 0 Å². The molecule has 1 rings (SSSR count). The Hall–Kier alpha value is -0.990. The van der Waals surface area contributed by atoms with Gasteiger partial charge < -0.3 is 10.3 Å². The van der Waals surface area contributed by atoms with Crippen LogP contribution < -0.4 is 10.3 Å². The molecular weight excluding hydrogens is 283 g/mol. The molecule has 0 bridgehead atoms. The highest BCUT2D eigenvalue weighted by atomic mass is 31.2. The third-order valence-corrected chi connectivity index (χ3v) is 5.21. The van der Waals surface area contributed by atoms with E-state index in [0.29, 0.717) is 29.7 Å². The number of nitrogens with zero attached hydrogens (tertiary/aromatic N) is 1. The Labute approximate surface area is 129 Å². The maximum Gasteiger partial charge on any atom is 0.245 e. The van der Waals surface area contributed by atoms with Gasteiger partial charge in [-0.15, -0.1) is 0 Å². The van der Waals surface area contributed by atoms with Crippen molar-refractivity contribution in [2.75, 3.05) is 25.1 Å². The maximum atomic E-state index is 12.5. The molecule has 21 heavy (non-hydrogen) atoms. The Morgan fingerprint density at radius 2 is 1.67 bits per heavy atom. The minimum atomic E-state index is -2.61. The average Bonchev–Trinajstić information content (AvgIpc) is 2.36. The molecule has 0 aliphatic carbocycles. The summed E-state index contributed by atoms with van der Waals surface area (Å²) in [5, 5.41) is 0. The largest absolute Gasteiger partial charge is 0.443 e. The second kappa shape index (κ2) is 7.86. The summed E-state index contributed by atoms with van der Waals surface area (Å²) in [7, 11) is -2.61. The number of rotatable bonds is 8. The van der Waals surface area contributed by atoms with Gasteiger partial charge in [0.15, 0.2) is 0 Å². The first-order chi connectivity index (χ1) is 9.71. The fraction of sp³-hybridized carbons (Fsp3) is 0.625. The van der Waals surface area contributed by atoms with E-state index in [0.717, 1.165) is 13.0 Å². The topological polar surface area (TPSA) is 55.6 Å². The summed E-state index contributed by atoms with van der Waals surface area (Å²) in [6.45, 7) is 11.4. The van der Waals surface area contributed by atoms with Gasteiger partial charge in [-0.05, 0) is 64.9 Å². The van der Waals surface area contributed by atoms with Crippen LogP contribution >= 0.6 is 7.37 Å². The van der Waals surface area contributed by atoms with E-state index < -0.39 is 7.37 Å². The molecule has 0 aromatic heterocycles. The van der Waals surface area contributed by atoms with E-state index in [2.05, 4.69) is 32.6 Å². The third-order valence-electron chi connectivity index (χ3n) is 3.49. The number of hydrogen-bond acceptors (Lipinski definition) is 4. The van der Waals surface area contributed by atoms with Crippen molar-refractivity contribution in [3.63, 3.8) is 0 Å². The van der Waals surface area contributed by atoms with Crippen LogP contribution in [-0.2, 0) is 4.57 Å². The first-order valence-corrected chi connectivity index (χ1v) is 9.84. The fourth-order valence-electron chi connectivity index (χ4n) is 2.45. The van der Waals surface area contributed by atoms with Crippen LogP contribution in [0.3, 0.4) is 0 Å². The summed E-state index contributed by atoms with van der Waals surface area (Å²) in [4.78, 5) is 2.41. The second-order valence-corrected chi connectivity index (χ2v) is 8.83. The molecule has 2 N–H and O–H groups in total. The number of nitrogen functional groups attached to an aromatic ring is 1. The van der Waals surface area contributed by atoms with Crippen molar-refractivity contribution in [1.29, 1.82) is 0 Å². The minimum absolute atomic E-state index is 0.499. The monoisotopic (exact) mass is 312 g/mol. The Morgan fingerprint density at radius 1 is 1.14 bits per heavy atom. The van der Waals surface area contributed by atoms with E-state index in [1.165, 1.54) is 0 Å². The predicted octanol–water partition coefficient (Wildman–Crippen LogP) is 4.06. The van der Waals surface area contributed by atoms with Gasteiger partial charge >= 0.3 is 0 Å². The van der Waals surface area contributed by atoms with Gasteiger partial charge in [-0.2, -0.15) is 0 Å². The predicted molar refractivity (Wildman–Crippen MR) is 91.5 cm³/mol. The zero-order valence-corrected chi connectivity index (χ0v) is 14.8. The molecule has 0 radical (unpaired) electrons. The Kier molecular flexibility index (Phi) is 6.76. The molecule has 4 nitrogen and oxygen atoms in total. The van der Waals surface area contributed by atoms with Gasteiger partial charge in [0.2, 0.25) is 7.37 Å². The second-order valence-electron chi connectivity index (χ2n) is 6.18. The van der Waals surface area contributed by atoms with Crippen LogP contribution in [0.25, 0.3) is 0 Å². The molecule has 5 heteroatoms. The lowest BCUT2D eigenvalue weighted by Crippen LogP contribution is -2.38. The first kappa shape index (κ1) is 18.1. The number of anilines is 1. The van der Waals surface area contributed by atoms with Crippen LogP contribution in [0.4, 0.5) is 5.69 Å². The summed E-state index contributed by atoms with van der Waals surface area (Å²) in [6, 6.07) is 8.04. The quantitative estimate of drug-likeness (QED) is 0.581. The number of nitrogens with two attached hydrogens (primary N) is 1. The summed E-state index contributed by atoms with van der Waals surface area (Å²) in [6.07, 6.45) is 1.46. The van der Waals surface area contributed by atoms with Gasteiger partial charge in [0.25, 0.3) is 0 Å². The summed E-state index contributed by atoms with van der Waals surface area (Å²) in [5.41, 5.74) is 6.31. The number of benzene rings is 1. The molecular formula is C16H29N2O2P. The van der Waals surface area contributed by atoms with Crippen molar-refractivity contribution in [1.82, 2.24) is 4.90 Å². The summed E-state index contributed by atoms with van der Waals surface area (Å²) >= 11 is 0. The molecule has 1 atom stereocenters. The molecule has 1 unspecified atom stereocenters. The lowest BCUT2D eigenvalue weighted by atomic mass is 10.2. The van der Waals surface area contributed by atoms with E-state index in [1.54, 1.807) is 30.9 Å². The van der Waals surface area contributed by atoms with Gasteiger partial charge in [0.1, 0.15) is 5.75 Å². The van der Waals surface area contributed by atoms with Crippen LogP contribution in [0, 0.1) is 0 Å². The van der Waals surface area contributed by atoms with Crippen molar-refractivity contribution in [3.05, 3.63) is 24.3 Å². The summed E-state index contributed by atoms with van der Waals surface area (Å²) in [5.74, 6) is 0.625. The molecule has 0 spiro atoms. The molecule has 1 aromatic rings. The first-order valence-electron chi connectivity index (χ1n) is 7.58. The zero-order valence-electron chi connectivity index (χ0n) is 13.9. The highest BCUT2D eigenvalue weighted by molar-refractivity contribution is 7.58. The lowest BCUT2D eigenvalue weighted by molar-refractivity contribution is 0.175. The van der Waals surface area contributed by atoms with Crippen molar-refractivity contribution in [2.24, 2.45) is 0 Å². The van der Waals surface area contributed by atoms with Crippen molar-refractivity contribution in [2.45, 2.75) is 46.2 Å². The van der Waals surface area contributed by atoms with Crippen molar-refractivity contribution < 1.29 is 9.09 Å². The average molecular weight is 312 g/mol. The molecule has 0 saturated heterocycles. The molecule has 0 saturated carbocycles. The van der Waals surface area contributed by atoms with E-state index >= 15 is 0 Å². The molecule has 1 aromatic carbocycles. The molecule has 0 amide bonds. The number of hydrogen-bond donors (Lipinski definition) is 1.